The number of fused-ring (bicyclic) bond motifs is 1. The Kier molecular flexibility index (Phi) is 2.01. The van der Waals surface area contributed by atoms with Gasteiger partial charge in [-0.25, -0.2) is 4.68 Å². The van der Waals surface area contributed by atoms with E-state index in [1.807, 2.05) is 0 Å². The molecule has 2 aromatic heterocycles. The van der Waals surface area contributed by atoms with Crippen molar-refractivity contribution in [2.45, 2.75) is 0 Å². The van der Waals surface area contributed by atoms with Crippen LogP contribution in [0, 0.1) is 9.41 Å². The summed E-state index contributed by atoms with van der Waals surface area (Å²) < 4.78 is 1.78. The topological polar surface area (TPSA) is 79.4 Å². The van der Waals surface area contributed by atoms with Gasteiger partial charge in [0.25, 0.3) is 5.56 Å². The van der Waals surface area contributed by atoms with Gasteiger partial charge in [0.1, 0.15) is 0 Å². The van der Waals surface area contributed by atoms with Crippen LogP contribution < -0.4 is 5.56 Å². The number of nitrogens with one attached hydrogen (secondary N) is 2. The molecule has 0 fully saturated rings. The van der Waals surface area contributed by atoms with E-state index in [0.717, 1.165) is 0 Å². The SMILES string of the molecule is Cn1nc2[nH]c(=S)c(=O)[nH]c2nc1=S. The molecule has 72 valence electrons. The molecule has 0 radical (unpaired) electrons. The third kappa shape index (κ3) is 1.38. The lowest BCUT2D eigenvalue weighted by atomic mass is 10.6. The highest BCUT2D eigenvalue weighted by atomic mass is 32.1. The summed E-state index contributed by atoms with van der Waals surface area (Å²) in [6, 6.07) is 0. The molecule has 2 heterocycles. The Morgan fingerprint density at radius 2 is 2.00 bits per heavy atom. The molecule has 14 heavy (non-hydrogen) atoms. The first kappa shape index (κ1) is 9.16. The van der Waals surface area contributed by atoms with E-state index in [1.165, 1.54) is 4.68 Å². The minimum absolute atomic E-state index is 0.0731. The van der Waals surface area contributed by atoms with Crippen LogP contribution in [0.2, 0.25) is 0 Å². The summed E-state index contributed by atoms with van der Waals surface area (Å²) in [4.78, 5) is 20.2. The Morgan fingerprint density at radius 3 is 2.71 bits per heavy atom. The summed E-state index contributed by atoms with van der Waals surface area (Å²) in [7, 11) is 1.66. The van der Waals surface area contributed by atoms with Gasteiger partial charge in [-0.3, -0.25) is 4.79 Å². The van der Waals surface area contributed by atoms with Crippen molar-refractivity contribution < 1.29 is 0 Å². The predicted molar refractivity (Wildman–Crippen MR) is 55.1 cm³/mol. The van der Waals surface area contributed by atoms with Gasteiger partial charge in [-0.1, -0.05) is 12.2 Å². The Labute approximate surface area is 87.6 Å². The Morgan fingerprint density at radius 1 is 1.29 bits per heavy atom. The predicted octanol–water partition coefficient (Wildman–Crippen LogP) is 0.444. The van der Waals surface area contributed by atoms with E-state index in [1.54, 1.807) is 7.05 Å². The molecule has 0 bridgehead atoms. The maximum Gasteiger partial charge on any atom is 0.284 e. The standard InChI is InChI=1S/C6H5N5OS2/c1-11-6(14)9-2-3(10-11)8-5(13)4(12)7-2/h1H3,(H,8,10,13)(H,7,9,12,14). The number of nitrogens with zero attached hydrogens (tertiary/aromatic N) is 3. The van der Waals surface area contributed by atoms with Gasteiger partial charge in [-0.15, -0.1) is 5.10 Å². The van der Waals surface area contributed by atoms with Gasteiger partial charge >= 0.3 is 0 Å². The highest BCUT2D eigenvalue weighted by Gasteiger charge is 2.00. The van der Waals surface area contributed by atoms with Crippen LogP contribution in [-0.4, -0.2) is 24.7 Å². The van der Waals surface area contributed by atoms with Crippen LogP contribution in [0.1, 0.15) is 0 Å². The van der Waals surface area contributed by atoms with Crippen LogP contribution in [-0.2, 0) is 7.05 Å². The maximum atomic E-state index is 11.1. The molecular formula is C6H5N5OS2. The maximum absolute atomic E-state index is 11.1. The fraction of sp³-hybridized carbons (Fsp3) is 0.167. The third-order valence-electron chi connectivity index (χ3n) is 1.63. The Hall–Kier alpha value is -1.41. The molecule has 2 aromatic rings. The zero-order valence-electron chi connectivity index (χ0n) is 7.07. The number of aryl methyl sites for hydroxylation is 1. The number of hydrogen-bond donors (Lipinski definition) is 2. The number of hydrogen-bond acceptors (Lipinski definition) is 5. The number of aromatic nitrogens is 5. The van der Waals surface area contributed by atoms with Gasteiger partial charge in [0.15, 0.2) is 15.9 Å². The molecule has 0 saturated heterocycles. The van der Waals surface area contributed by atoms with Crippen LogP contribution in [0.5, 0.6) is 0 Å². The molecule has 0 unspecified atom stereocenters. The molecule has 2 N–H and O–H groups in total. The lowest BCUT2D eigenvalue weighted by Gasteiger charge is -1.99. The van der Waals surface area contributed by atoms with E-state index in [2.05, 4.69) is 20.1 Å². The minimum Gasteiger partial charge on any atom is -0.322 e. The summed E-state index contributed by atoms with van der Waals surface area (Å²) >= 11 is 9.64. The van der Waals surface area contributed by atoms with Gasteiger partial charge in [0.05, 0.1) is 0 Å². The summed E-state index contributed by atoms with van der Waals surface area (Å²) in [5.74, 6) is 0. The molecule has 0 atom stereocenters. The first-order chi connectivity index (χ1) is 6.58. The van der Waals surface area contributed by atoms with Crippen LogP contribution in [0.3, 0.4) is 0 Å². The van der Waals surface area contributed by atoms with Crippen molar-refractivity contribution in [3.05, 3.63) is 19.8 Å². The smallest absolute Gasteiger partial charge is 0.284 e. The molecule has 0 aliphatic carbocycles. The minimum atomic E-state index is -0.398. The van der Waals surface area contributed by atoms with Gasteiger partial charge in [0, 0.05) is 7.05 Å². The van der Waals surface area contributed by atoms with Crippen molar-refractivity contribution in [1.82, 2.24) is 24.7 Å². The molecular weight excluding hydrogens is 222 g/mol. The first-order valence-corrected chi connectivity index (χ1v) is 4.47. The van der Waals surface area contributed by atoms with E-state index >= 15 is 0 Å². The second-order valence-corrected chi connectivity index (χ2v) is 3.40. The number of H-pyrrole nitrogens is 2. The average Bonchev–Trinajstić information content (AvgIpc) is 2.11. The van der Waals surface area contributed by atoms with E-state index in [-0.39, 0.29) is 4.64 Å². The molecule has 0 saturated carbocycles. The summed E-state index contributed by atoms with van der Waals surface area (Å²) in [5.41, 5.74) is 0.322. The zero-order chi connectivity index (χ0) is 10.3. The number of rotatable bonds is 0. The molecule has 8 heteroatoms. The van der Waals surface area contributed by atoms with Gasteiger partial charge in [0.2, 0.25) is 4.77 Å². The molecule has 6 nitrogen and oxygen atoms in total. The summed E-state index contributed by atoms with van der Waals surface area (Å²) in [6.07, 6.45) is 0. The van der Waals surface area contributed by atoms with Gasteiger partial charge in [-0.2, -0.15) is 4.98 Å². The summed E-state index contributed by atoms with van der Waals surface area (Å²) in [6.45, 7) is 0. The summed E-state index contributed by atoms with van der Waals surface area (Å²) in [5, 5.41) is 4.03. The fourth-order valence-corrected chi connectivity index (χ4v) is 1.24. The first-order valence-electron chi connectivity index (χ1n) is 3.65. The van der Waals surface area contributed by atoms with Crippen molar-refractivity contribution in [3.8, 4) is 0 Å². The second kappa shape index (κ2) is 3.07. The van der Waals surface area contributed by atoms with Crippen LogP contribution >= 0.6 is 24.4 Å². The molecule has 0 aliphatic rings. The molecule has 0 amide bonds. The van der Waals surface area contributed by atoms with E-state index in [9.17, 15) is 4.79 Å². The second-order valence-electron chi connectivity index (χ2n) is 2.62. The van der Waals surface area contributed by atoms with Gasteiger partial charge < -0.3 is 9.97 Å². The highest BCUT2D eigenvalue weighted by Crippen LogP contribution is 1.97. The van der Waals surface area contributed by atoms with Crippen molar-refractivity contribution in [3.63, 3.8) is 0 Å². The lowest BCUT2D eigenvalue weighted by molar-refractivity contribution is 0.712. The Bertz CT molecular complexity index is 666. The van der Waals surface area contributed by atoms with E-state index < -0.39 is 5.56 Å². The molecule has 0 aromatic carbocycles. The lowest BCUT2D eigenvalue weighted by Crippen LogP contribution is -2.12. The normalized spacial score (nSPS) is 10.6. The van der Waals surface area contributed by atoms with Crippen LogP contribution in [0.4, 0.5) is 0 Å². The average molecular weight is 227 g/mol. The molecule has 0 spiro atoms. The van der Waals surface area contributed by atoms with Crippen molar-refractivity contribution >= 4 is 35.7 Å². The van der Waals surface area contributed by atoms with E-state index in [0.29, 0.717) is 16.1 Å². The van der Waals surface area contributed by atoms with E-state index in [4.69, 9.17) is 24.4 Å². The third-order valence-corrected chi connectivity index (χ3v) is 2.27. The Balaban J connectivity index is 3.05. The van der Waals surface area contributed by atoms with Gasteiger partial charge in [-0.05, 0) is 12.2 Å². The quantitative estimate of drug-likeness (QED) is 0.638. The molecule has 2 rings (SSSR count). The van der Waals surface area contributed by atoms with Crippen molar-refractivity contribution in [2.75, 3.05) is 0 Å². The zero-order valence-corrected chi connectivity index (χ0v) is 8.70. The largest absolute Gasteiger partial charge is 0.322 e. The molecule has 0 aliphatic heterocycles. The van der Waals surface area contributed by atoms with Crippen LogP contribution in [0.15, 0.2) is 4.79 Å². The monoisotopic (exact) mass is 227 g/mol. The highest BCUT2D eigenvalue weighted by molar-refractivity contribution is 7.71. The number of aromatic amines is 2. The van der Waals surface area contributed by atoms with Crippen LogP contribution in [0.25, 0.3) is 11.3 Å². The fourth-order valence-electron chi connectivity index (χ4n) is 0.961. The van der Waals surface area contributed by atoms with Crippen molar-refractivity contribution in [2.24, 2.45) is 7.05 Å². The van der Waals surface area contributed by atoms with Crippen molar-refractivity contribution in [1.29, 1.82) is 0 Å².